The van der Waals surface area contributed by atoms with Crippen molar-refractivity contribution < 1.29 is 14.2 Å². The summed E-state index contributed by atoms with van der Waals surface area (Å²) >= 11 is 0. The highest BCUT2D eigenvalue weighted by molar-refractivity contribution is 5.34. The van der Waals surface area contributed by atoms with E-state index in [1.807, 2.05) is 0 Å². The van der Waals surface area contributed by atoms with Crippen LogP contribution < -0.4 is 4.74 Å². The minimum atomic E-state index is -0.739. The van der Waals surface area contributed by atoms with E-state index in [9.17, 15) is 9.50 Å². The molecule has 2 nitrogen and oxygen atoms in total. The van der Waals surface area contributed by atoms with Crippen molar-refractivity contribution in [2.75, 3.05) is 7.11 Å². The molecule has 1 N–H and O–H groups in total. The molecule has 0 saturated carbocycles. The first-order valence-electron chi connectivity index (χ1n) is 4.97. The number of aliphatic hydroxyl groups is 1. The lowest BCUT2D eigenvalue weighted by atomic mass is 9.98. The summed E-state index contributed by atoms with van der Waals surface area (Å²) in [6.45, 7) is 3.47. The van der Waals surface area contributed by atoms with Gasteiger partial charge in [-0.15, -0.1) is 0 Å². The van der Waals surface area contributed by atoms with Crippen LogP contribution in [0.25, 0.3) is 0 Å². The topological polar surface area (TPSA) is 29.5 Å². The van der Waals surface area contributed by atoms with Gasteiger partial charge in [0.2, 0.25) is 0 Å². The highest BCUT2D eigenvalue weighted by Crippen LogP contribution is 2.23. The molecule has 0 aliphatic rings. The molecule has 0 atom stereocenters. The average molecular weight is 212 g/mol. The van der Waals surface area contributed by atoms with Gasteiger partial charge in [-0.3, -0.25) is 0 Å². The quantitative estimate of drug-likeness (QED) is 0.831. The van der Waals surface area contributed by atoms with Gasteiger partial charge in [-0.05, 0) is 50.5 Å². The van der Waals surface area contributed by atoms with Crippen LogP contribution in [-0.4, -0.2) is 17.8 Å². The van der Waals surface area contributed by atoms with Crippen LogP contribution in [0.1, 0.15) is 25.8 Å². The maximum atomic E-state index is 13.0. The minimum absolute atomic E-state index is 0.276. The van der Waals surface area contributed by atoms with E-state index in [0.29, 0.717) is 18.6 Å². The zero-order chi connectivity index (χ0) is 11.5. The molecule has 0 saturated heterocycles. The van der Waals surface area contributed by atoms with Crippen LogP contribution in [0.3, 0.4) is 0 Å². The molecule has 0 radical (unpaired) electrons. The lowest BCUT2D eigenvalue weighted by Crippen LogP contribution is -2.19. The van der Waals surface area contributed by atoms with E-state index in [0.717, 1.165) is 5.56 Å². The Hall–Kier alpha value is -1.09. The van der Waals surface area contributed by atoms with E-state index < -0.39 is 5.60 Å². The number of hydrogen-bond donors (Lipinski definition) is 1. The van der Waals surface area contributed by atoms with E-state index in [-0.39, 0.29) is 5.82 Å². The van der Waals surface area contributed by atoms with E-state index >= 15 is 0 Å². The molecule has 0 aliphatic heterocycles. The largest absolute Gasteiger partial charge is 0.496 e. The van der Waals surface area contributed by atoms with Crippen LogP contribution in [0.2, 0.25) is 0 Å². The van der Waals surface area contributed by atoms with Crippen molar-refractivity contribution >= 4 is 0 Å². The lowest BCUT2D eigenvalue weighted by molar-refractivity contribution is 0.0712. The van der Waals surface area contributed by atoms with E-state index in [1.165, 1.54) is 12.1 Å². The summed E-state index contributed by atoms with van der Waals surface area (Å²) < 4.78 is 18.1. The molecule has 0 fully saturated rings. The number of benzene rings is 1. The second-order valence-electron chi connectivity index (χ2n) is 4.27. The van der Waals surface area contributed by atoms with Gasteiger partial charge in [-0.25, -0.2) is 4.39 Å². The fourth-order valence-corrected chi connectivity index (χ4v) is 1.38. The summed E-state index contributed by atoms with van der Waals surface area (Å²) in [6, 6.07) is 4.42. The first-order valence-corrected chi connectivity index (χ1v) is 4.97. The van der Waals surface area contributed by atoms with Gasteiger partial charge in [0, 0.05) is 0 Å². The third-order valence-corrected chi connectivity index (χ3v) is 2.25. The SMILES string of the molecule is COc1ccc(F)cc1CCC(C)(C)O. The lowest BCUT2D eigenvalue weighted by Gasteiger charge is -2.17. The Morgan fingerprint density at radius 3 is 2.60 bits per heavy atom. The van der Waals surface area contributed by atoms with Gasteiger partial charge in [0.25, 0.3) is 0 Å². The first-order chi connectivity index (χ1) is 6.92. The molecule has 0 amide bonds. The molecular weight excluding hydrogens is 195 g/mol. The number of methoxy groups -OCH3 is 1. The molecule has 0 unspecified atom stereocenters. The average Bonchev–Trinajstić information content (AvgIpc) is 2.14. The Kier molecular flexibility index (Phi) is 3.69. The van der Waals surface area contributed by atoms with Crippen molar-refractivity contribution in [2.45, 2.75) is 32.3 Å². The third kappa shape index (κ3) is 3.88. The van der Waals surface area contributed by atoms with E-state index in [1.54, 1.807) is 27.0 Å². The Balaban J connectivity index is 2.79. The molecule has 84 valence electrons. The number of hydrogen-bond acceptors (Lipinski definition) is 2. The maximum Gasteiger partial charge on any atom is 0.123 e. The Morgan fingerprint density at radius 1 is 1.40 bits per heavy atom. The molecule has 0 aliphatic carbocycles. The van der Waals surface area contributed by atoms with Gasteiger partial charge in [-0.2, -0.15) is 0 Å². The fourth-order valence-electron chi connectivity index (χ4n) is 1.38. The summed E-state index contributed by atoms with van der Waals surface area (Å²) in [7, 11) is 1.56. The second kappa shape index (κ2) is 4.62. The fraction of sp³-hybridized carbons (Fsp3) is 0.500. The monoisotopic (exact) mass is 212 g/mol. The summed E-state index contributed by atoms with van der Waals surface area (Å²) in [6.07, 6.45) is 1.18. The molecule has 0 heterocycles. The predicted molar refractivity (Wildman–Crippen MR) is 57.6 cm³/mol. The molecule has 3 heteroatoms. The number of aryl methyl sites for hydroxylation is 1. The Labute approximate surface area is 89.7 Å². The summed E-state index contributed by atoms with van der Waals surface area (Å²) in [5.74, 6) is 0.391. The third-order valence-electron chi connectivity index (χ3n) is 2.25. The molecule has 15 heavy (non-hydrogen) atoms. The van der Waals surface area contributed by atoms with Crippen molar-refractivity contribution in [1.82, 2.24) is 0 Å². The summed E-state index contributed by atoms with van der Waals surface area (Å²) in [5, 5.41) is 9.58. The molecule has 0 spiro atoms. The van der Waals surface area contributed by atoms with Crippen LogP contribution in [0.4, 0.5) is 4.39 Å². The van der Waals surface area contributed by atoms with Crippen LogP contribution in [-0.2, 0) is 6.42 Å². The molecule has 1 aromatic carbocycles. The van der Waals surface area contributed by atoms with Crippen LogP contribution in [0.15, 0.2) is 18.2 Å². The van der Waals surface area contributed by atoms with E-state index in [2.05, 4.69) is 0 Å². The number of halogens is 1. The van der Waals surface area contributed by atoms with Crippen molar-refractivity contribution in [3.63, 3.8) is 0 Å². The van der Waals surface area contributed by atoms with Crippen molar-refractivity contribution in [2.24, 2.45) is 0 Å². The standard InChI is InChI=1S/C12H17FO2/c1-12(2,14)7-6-9-8-10(13)4-5-11(9)15-3/h4-5,8,14H,6-7H2,1-3H3. The smallest absolute Gasteiger partial charge is 0.123 e. The zero-order valence-corrected chi connectivity index (χ0v) is 9.38. The molecule has 0 aromatic heterocycles. The normalized spacial score (nSPS) is 11.5. The Bertz CT molecular complexity index is 329. The van der Waals surface area contributed by atoms with Gasteiger partial charge in [0.1, 0.15) is 11.6 Å². The van der Waals surface area contributed by atoms with Crippen molar-refractivity contribution in [1.29, 1.82) is 0 Å². The van der Waals surface area contributed by atoms with Gasteiger partial charge in [0.05, 0.1) is 12.7 Å². The minimum Gasteiger partial charge on any atom is -0.496 e. The maximum absolute atomic E-state index is 13.0. The van der Waals surface area contributed by atoms with E-state index in [4.69, 9.17) is 4.74 Å². The van der Waals surface area contributed by atoms with Gasteiger partial charge < -0.3 is 9.84 Å². The number of rotatable bonds is 4. The van der Waals surface area contributed by atoms with Gasteiger partial charge >= 0.3 is 0 Å². The van der Waals surface area contributed by atoms with Crippen LogP contribution in [0.5, 0.6) is 5.75 Å². The molecule has 0 bridgehead atoms. The second-order valence-corrected chi connectivity index (χ2v) is 4.27. The molecule has 1 rings (SSSR count). The van der Waals surface area contributed by atoms with Gasteiger partial charge in [-0.1, -0.05) is 0 Å². The molecule has 1 aromatic rings. The number of ether oxygens (including phenoxy) is 1. The molecular formula is C12H17FO2. The Morgan fingerprint density at radius 2 is 2.07 bits per heavy atom. The highest BCUT2D eigenvalue weighted by Gasteiger charge is 2.14. The van der Waals surface area contributed by atoms with Crippen LogP contribution >= 0.6 is 0 Å². The van der Waals surface area contributed by atoms with Gasteiger partial charge in [0.15, 0.2) is 0 Å². The summed E-state index contributed by atoms with van der Waals surface area (Å²) in [4.78, 5) is 0. The zero-order valence-electron chi connectivity index (χ0n) is 9.38. The summed E-state index contributed by atoms with van der Waals surface area (Å²) in [5.41, 5.74) is 0.0526. The predicted octanol–water partition coefficient (Wildman–Crippen LogP) is 2.54. The first kappa shape index (κ1) is 12.0. The van der Waals surface area contributed by atoms with Crippen LogP contribution in [0, 0.1) is 5.82 Å². The highest BCUT2D eigenvalue weighted by atomic mass is 19.1. The van der Waals surface area contributed by atoms with Crippen molar-refractivity contribution in [3.05, 3.63) is 29.6 Å². The van der Waals surface area contributed by atoms with Crippen molar-refractivity contribution in [3.8, 4) is 5.75 Å².